The number of rotatable bonds is 7. The third-order valence-corrected chi connectivity index (χ3v) is 7.69. The van der Waals surface area contributed by atoms with E-state index in [0.717, 1.165) is 4.90 Å². The molecule has 1 fully saturated rings. The van der Waals surface area contributed by atoms with Crippen molar-refractivity contribution in [2.75, 3.05) is 18.3 Å². The molecule has 0 unspecified atom stereocenters. The molecule has 0 saturated carbocycles. The molecule has 3 rings (SSSR count). The molecule has 3 N–H and O–H groups in total. The van der Waals surface area contributed by atoms with Crippen LogP contribution >= 0.6 is 35.0 Å². The lowest BCUT2D eigenvalue weighted by atomic mass is 9.99. The fourth-order valence-corrected chi connectivity index (χ4v) is 5.53. The topological polar surface area (TPSA) is 125 Å². The quantitative estimate of drug-likeness (QED) is 0.437. The highest BCUT2D eigenvalue weighted by atomic mass is 35.5. The molecule has 3 amide bonds. The number of ether oxygens (including phenoxy) is 1. The maximum atomic E-state index is 13.1. The number of esters is 1. The Bertz CT molecular complexity index is 1150. The van der Waals surface area contributed by atoms with Crippen molar-refractivity contribution in [2.24, 2.45) is 0 Å². The summed E-state index contributed by atoms with van der Waals surface area (Å²) in [6, 6.07) is 9.40. The summed E-state index contributed by atoms with van der Waals surface area (Å²) in [7, 11) is 1.21. The number of carbonyl (C=O) groups excluding carboxylic acids is 3. The van der Waals surface area contributed by atoms with Gasteiger partial charge in [0.15, 0.2) is 0 Å². The van der Waals surface area contributed by atoms with Crippen molar-refractivity contribution in [2.45, 2.75) is 37.1 Å². The third kappa shape index (κ3) is 6.24. The standard InChI is InChI=1S/C24H25Cl2N3O6S/c1-24(2)19(29(12-36-24)23(33)34)21(31)28-17(22(32)35-3)11-13-7-9-14(10-8-13)27-20(30)18-15(25)5-4-6-16(18)26/h4-10,17,19H,11-12H2,1-3H3,(H,27,30)(H,28,31)(H,33,34)/t17-,19+/m0/s1. The Morgan fingerprint density at radius 1 is 1.14 bits per heavy atom. The Hall–Kier alpha value is -2.95. The van der Waals surface area contributed by atoms with Gasteiger partial charge in [0.1, 0.15) is 12.1 Å². The summed E-state index contributed by atoms with van der Waals surface area (Å²) in [4.78, 5) is 50.7. The van der Waals surface area contributed by atoms with E-state index in [9.17, 15) is 24.3 Å². The van der Waals surface area contributed by atoms with Gasteiger partial charge in [-0.3, -0.25) is 14.5 Å². The van der Waals surface area contributed by atoms with Crippen molar-refractivity contribution in [1.82, 2.24) is 10.2 Å². The molecule has 1 heterocycles. The molecular formula is C24H25Cl2N3O6S. The van der Waals surface area contributed by atoms with Crippen LogP contribution in [0.5, 0.6) is 0 Å². The van der Waals surface area contributed by atoms with E-state index in [0.29, 0.717) is 11.3 Å². The SMILES string of the molecule is COC(=O)[C@H](Cc1ccc(NC(=O)c2c(Cl)cccc2Cl)cc1)NC(=O)[C@H]1N(C(=O)O)CSC1(C)C. The number of methoxy groups -OCH3 is 1. The van der Waals surface area contributed by atoms with Crippen molar-refractivity contribution in [3.63, 3.8) is 0 Å². The highest BCUT2D eigenvalue weighted by Crippen LogP contribution is 2.39. The Kier molecular flexibility index (Phi) is 8.76. The minimum atomic E-state index is -1.21. The molecule has 1 saturated heterocycles. The number of thioether (sulfide) groups is 1. The zero-order chi connectivity index (χ0) is 26.6. The first-order chi connectivity index (χ1) is 16.9. The molecule has 0 aromatic heterocycles. The van der Waals surface area contributed by atoms with Gasteiger partial charge >= 0.3 is 12.1 Å². The Morgan fingerprint density at radius 3 is 2.31 bits per heavy atom. The number of hydrogen-bond acceptors (Lipinski definition) is 6. The molecule has 2 aromatic carbocycles. The van der Waals surface area contributed by atoms with Gasteiger partial charge in [-0.25, -0.2) is 9.59 Å². The number of carbonyl (C=O) groups is 4. The number of anilines is 1. The summed E-state index contributed by atoms with van der Waals surface area (Å²) >= 11 is 13.5. The second-order valence-electron chi connectivity index (χ2n) is 8.57. The normalized spacial score (nSPS) is 17.2. The van der Waals surface area contributed by atoms with Crippen LogP contribution in [0, 0.1) is 0 Å². The highest BCUT2D eigenvalue weighted by molar-refractivity contribution is 8.00. The molecule has 0 radical (unpaired) electrons. The lowest BCUT2D eigenvalue weighted by Crippen LogP contribution is -2.56. The first-order valence-corrected chi connectivity index (χ1v) is 12.5. The van der Waals surface area contributed by atoms with Crippen LogP contribution in [-0.4, -0.2) is 63.7 Å². The Morgan fingerprint density at radius 2 is 1.75 bits per heavy atom. The minimum Gasteiger partial charge on any atom is -0.467 e. The van der Waals surface area contributed by atoms with Gasteiger partial charge in [0.05, 0.1) is 28.6 Å². The average molecular weight is 554 g/mol. The van der Waals surface area contributed by atoms with Gasteiger partial charge < -0.3 is 20.5 Å². The van der Waals surface area contributed by atoms with Crippen LogP contribution in [0.4, 0.5) is 10.5 Å². The van der Waals surface area contributed by atoms with Crippen molar-refractivity contribution in [3.8, 4) is 0 Å². The highest BCUT2D eigenvalue weighted by Gasteiger charge is 2.48. The van der Waals surface area contributed by atoms with Crippen LogP contribution in [-0.2, 0) is 20.7 Å². The van der Waals surface area contributed by atoms with E-state index in [-0.39, 0.29) is 27.9 Å². The predicted octanol–water partition coefficient (Wildman–Crippen LogP) is 4.28. The van der Waals surface area contributed by atoms with Crippen molar-refractivity contribution in [1.29, 1.82) is 0 Å². The van der Waals surface area contributed by atoms with Gasteiger partial charge in [0, 0.05) is 16.9 Å². The van der Waals surface area contributed by atoms with Gasteiger partial charge in [0.25, 0.3) is 5.91 Å². The smallest absolute Gasteiger partial charge is 0.408 e. The number of halogens is 2. The van der Waals surface area contributed by atoms with E-state index >= 15 is 0 Å². The molecule has 192 valence electrons. The van der Waals surface area contributed by atoms with E-state index in [1.807, 2.05) is 0 Å². The van der Waals surface area contributed by atoms with Crippen LogP contribution in [0.1, 0.15) is 29.8 Å². The number of nitrogens with zero attached hydrogens (tertiary/aromatic N) is 1. The maximum absolute atomic E-state index is 13.1. The second-order valence-corrected chi connectivity index (χ2v) is 11.0. The van der Waals surface area contributed by atoms with E-state index in [2.05, 4.69) is 10.6 Å². The summed E-state index contributed by atoms with van der Waals surface area (Å²) in [5.41, 5.74) is 1.30. The molecule has 12 heteroatoms. The van der Waals surface area contributed by atoms with E-state index in [1.165, 1.54) is 18.9 Å². The monoisotopic (exact) mass is 553 g/mol. The number of nitrogens with one attached hydrogen (secondary N) is 2. The second kappa shape index (κ2) is 11.4. The number of amides is 3. The third-order valence-electron chi connectivity index (χ3n) is 5.68. The molecule has 0 aliphatic carbocycles. The number of hydrogen-bond donors (Lipinski definition) is 3. The lowest BCUT2D eigenvalue weighted by molar-refractivity contribution is -0.145. The molecule has 1 aliphatic heterocycles. The van der Waals surface area contributed by atoms with E-state index in [1.54, 1.807) is 56.3 Å². The Labute approximate surface area is 222 Å². The largest absolute Gasteiger partial charge is 0.467 e. The number of carboxylic acid groups (broad SMARTS) is 1. The minimum absolute atomic E-state index is 0.0936. The molecule has 9 nitrogen and oxygen atoms in total. The van der Waals surface area contributed by atoms with Gasteiger partial charge in [-0.15, -0.1) is 11.8 Å². The van der Waals surface area contributed by atoms with Crippen LogP contribution < -0.4 is 10.6 Å². The summed E-state index contributed by atoms with van der Waals surface area (Å²) in [5.74, 6) is -1.57. The average Bonchev–Trinajstić information content (AvgIpc) is 3.14. The van der Waals surface area contributed by atoms with E-state index in [4.69, 9.17) is 27.9 Å². The van der Waals surface area contributed by atoms with Crippen molar-refractivity contribution < 1.29 is 29.0 Å². The summed E-state index contributed by atoms with van der Waals surface area (Å²) < 4.78 is 4.18. The van der Waals surface area contributed by atoms with Crippen molar-refractivity contribution >= 4 is 64.5 Å². The molecule has 2 aromatic rings. The fourth-order valence-electron chi connectivity index (χ4n) is 3.84. The zero-order valence-corrected chi connectivity index (χ0v) is 22.0. The Balaban J connectivity index is 1.72. The fraction of sp³-hybridized carbons (Fsp3) is 0.333. The first-order valence-electron chi connectivity index (χ1n) is 10.8. The number of benzene rings is 2. The lowest BCUT2D eigenvalue weighted by Gasteiger charge is -2.30. The molecule has 1 aliphatic rings. The van der Waals surface area contributed by atoms with Crippen LogP contribution in [0.3, 0.4) is 0 Å². The molecule has 0 spiro atoms. The van der Waals surface area contributed by atoms with Crippen LogP contribution in [0.15, 0.2) is 42.5 Å². The van der Waals surface area contributed by atoms with E-state index < -0.39 is 40.7 Å². The molecular weight excluding hydrogens is 529 g/mol. The van der Waals surface area contributed by atoms with Crippen LogP contribution in [0.2, 0.25) is 10.0 Å². The molecule has 36 heavy (non-hydrogen) atoms. The molecule has 2 atom stereocenters. The van der Waals surface area contributed by atoms with Gasteiger partial charge in [0.2, 0.25) is 5.91 Å². The van der Waals surface area contributed by atoms with Gasteiger partial charge in [-0.1, -0.05) is 41.4 Å². The predicted molar refractivity (Wildman–Crippen MR) is 139 cm³/mol. The maximum Gasteiger partial charge on any atom is 0.408 e. The van der Waals surface area contributed by atoms with Crippen LogP contribution in [0.25, 0.3) is 0 Å². The van der Waals surface area contributed by atoms with Gasteiger partial charge in [-0.2, -0.15) is 0 Å². The first kappa shape index (κ1) is 27.6. The summed E-state index contributed by atoms with van der Waals surface area (Å²) in [5, 5.41) is 15.3. The zero-order valence-electron chi connectivity index (χ0n) is 19.7. The summed E-state index contributed by atoms with van der Waals surface area (Å²) in [6.45, 7) is 3.56. The van der Waals surface area contributed by atoms with Gasteiger partial charge in [-0.05, 0) is 43.7 Å². The molecule has 0 bridgehead atoms. The summed E-state index contributed by atoms with van der Waals surface area (Å²) in [6.07, 6.45) is -1.12. The van der Waals surface area contributed by atoms with Crippen molar-refractivity contribution in [3.05, 3.63) is 63.6 Å².